The molecule has 0 radical (unpaired) electrons. The highest BCUT2D eigenvalue weighted by Gasteiger charge is 2.11. The molecule has 1 unspecified atom stereocenters. The van der Waals surface area contributed by atoms with Gasteiger partial charge in [-0.2, -0.15) is 11.8 Å². The zero-order valence-electron chi connectivity index (χ0n) is 7.67. The Labute approximate surface area is 79.8 Å². The molecule has 0 spiro atoms. The highest BCUT2D eigenvalue weighted by molar-refractivity contribution is 7.99. The minimum absolute atomic E-state index is 0.788. The van der Waals surface area contributed by atoms with Gasteiger partial charge in [0.1, 0.15) is 0 Å². The van der Waals surface area contributed by atoms with Crippen LogP contribution in [-0.2, 0) is 0 Å². The zero-order valence-corrected chi connectivity index (χ0v) is 8.48. The molecule has 2 N–H and O–H groups in total. The van der Waals surface area contributed by atoms with Crippen molar-refractivity contribution in [3.63, 3.8) is 0 Å². The molecule has 70 valence electrons. The van der Waals surface area contributed by atoms with Crippen molar-refractivity contribution in [2.45, 2.75) is 25.7 Å². The van der Waals surface area contributed by atoms with Crippen LogP contribution < -0.4 is 5.73 Å². The maximum Gasteiger partial charge on any atom is -0.00362 e. The van der Waals surface area contributed by atoms with Crippen LogP contribution in [0.1, 0.15) is 25.7 Å². The van der Waals surface area contributed by atoms with E-state index in [-0.39, 0.29) is 0 Å². The van der Waals surface area contributed by atoms with E-state index in [4.69, 9.17) is 5.73 Å². The second kappa shape index (κ2) is 6.55. The number of hydrogen-bond donors (Lipinski definition) is 1. The first-order chi connectivity index (χ1) is 5.93. The van der Waals surface area contributed by atoms with Crippen LogP contribution in [0.15, 0.2) is 12.2 Å². The van der Waals surface area contributed by atoms with E-state index in [1.165, 1.54) is 30.8 Å². The van der Waals surface area contributed by atoms with Crippen LogP contribution in [0.4, 0.5) is 0 Å². The number of hydrogen-bond acceptors (Lipinski definition) is 2. The Morgan fingerprint density at radius 2 is 2.33 bits per heavy atom. The predicted octanol–water partition coefficient (Wildman–Crippen LogP) is 2.42. The monoisotopic (exact) mass is 185 g/mol. The maximum atomic E-state index is 5.39. The maximum absolute atomic E-state index is 5.39. The molecule has 1 heterocycles. The van der Waals surface area contributed by atoms with Crippen LogP contribution in [0.2, 0.25) is 0 Å². The van der Waals surface area contributed by atoms with Crippen LogP contribution in [0.25, 0.3) is 0 Å². The van der Waals surface area contributed by atoms with Crippen molar-refractivity contribution >= 4 is 11.8 Å². The fraction of sp³-hybridized carbons (Fsp3) is 0.800. The average Bonchev–Trinajstić information content (AvgIpc) is 2.14. The molecule has 0 amide bonds. The summed E-state index contributed by atoms with van der Waals surface area (Å²) in [6.45, 7) is 0.788. The molecular formula is C10H19NS. The topological polar surface area (TPSA) is 26.0 Å². The van der Waals surface area contributed by atoms with E-state index in [9.17, 15) is 0 Å². The predicted molar refractivity (Wildman–Crippen MR) is 57.5 cm³/mol. The van der Waals surface area contributed by atoms with Gasteiger partial charge in [0, 0.05) is 0 Å². The second-order valence-corrected chi connectivity index (χ2v) is 4.52. The fourth-order valence-corrected chi connectivity index (χ4v) is 2.67. The van der Waals surface area contributed by atoms with E-state index in [1.54, 1.807) is 0 Å². The largest absolute Gasteiger partial charge is 0.330 e. The van der Waals surface area contributed by atoms with Gasteiger partial charge >= 0.3 is 0 Å². The lowest BCUT2D eigenvalue weighted by Crippen LogP contribution is -2.09. The Hall–Kier alpha value is 0.0500. The van der Waals surface area contributed by atoms with Gasteiger partial charge < -0.3 is 5.73 Å². The van der Waals surface area contributed by atoms with E-state index in [0.717, 1.165) is 18.9 Å². The molecule has 12 heavy (non-hydrogen) atoms. The summed E-state index contributed by atoms with van der Waals surface area (Å²) in [5, 5.41) is 0. The van der Waals surface area contributed by atoms with Gasteiger partial charge in [-0.3, -0.25) is 0 Å². The molecule has 0 aromatic rings. The molecule has 1 saturated heterocycles. The van der Waals surface area contributed by atoms with Crippen molar-refractivity contribution < 1.29 is 0 Å². The lowest BCUT2D eigenvalue weighted by atomic mass is 10.0. The van der Waals surface area contributed by atoms with Crippen molar-refractivity contribution in [3.05, 3.63) is 12.2 Å². The van der Waals surface area contributed by atoms with Crippen LogP contribution in [-0.4, -0.2) is 18.1 Å². The van der Waals surface area contributed by atoms with Crippen LogP contribution in [0.5, 0.6) is 0 Å². The quantitative estimate of drug-likeness (QED) is 0.681. The Kier molecular flexibility index (Phi) is 5.53. The molecule has 0 aromatic carbocycles. The van der Waals surface area contributed by atoms with E-state index < -0.39 is 0 Å². The molecule has 0 saturated carbocycles. The Bertz CT molecular complexity index is 128. The van der Waals surface area contributed by atoms with Crippen molar-refractivity contribution in [1.82, 2.24) is 0 Å². The molecule has 0 aliphatic carbocycles. The summed E-state index contributed by atoms with van der Waals surface area (Å²) in [5.74, 6) is 3.69. The van der Waals surface area contributed by atoms with Gasteiger partial charge in [-0.05, 0) is 49.7 Å². The molecule has 1 nitrogen and oxygen atoms in total. The highest BCUT2D eigenvalue weighted by atomic mass is 32.2. The van der Waals surface area contributed by atoms with E-state index in [2.05, 4.69) is 23.9 Å². The summed E-state index contributed by atoms with van der Waals surface area (Å²) in [6.07, 6.45) is 9.69. The lowest BCUT2D eigenvalue weighted by molar-refractivity contribution is 0.530. The molecule has 1 aliphatic heterocycles. The number of rotatable bonds is 4. The normalized spacial score (nSPS) is 24.9. The molecule has 1 rings (SSSR count). The first kappa shape index (κ1) is 10.1. The summed E-state index contributed by atoms with van der Waals surface area (Å²) >= 11 is 2.11. The van der Waals surface area contributed by atoms with Gasteiger partial charge in [0.25, 0.3) is 0 Å². The smallest absolute Gasteiger partial charge is 0.00362 e. The SMILES string of the molecule is NCC/C=C\CC1CCCSC1. The van der Waals surface area contributed by atoms with E-state index in [1.807, 2.05) is 0 Å². The number of thioether (sulfide) groups is 1. The standard InChI is InChI=1S/C10H19NS/c11-7-3-1-2-5-10-6-4-8-12-9-10/h1-2,10H,3-9,11H2/b2-1-. The number of allylic oxidation sites excluding steroid dienone is 1. The van der Waals surface area contributed by atoms with Crippen molar-refractivity contribution in [2.75, 3.05) is 18.1 Å². The van der Waals surface area contributed by atoms with Gasteiger partial charge in [0.15, 0.2) is 0 Å². The molecule has 2 heteroatoms. The Morgan fingerprint density at radius 1 is 1.42 bits per heavy atom. The van der Waals surface area contributed by atoms with Crippen LogP contribution >= 0.6 is 11.8 Å². The van der Waals surface area contributed by atoms with Gasteiger partial charge in [-0.15, -0.1) is 0 Å². The Morgan fingerprint density at radius 3 is 3.00 bits per heavy atom. The average molecular weight is 185 g/mol. The van der Waals surface area contributed by atoms with Crippen LogP contribution in [0.3, 0.4) is 0 Å². The molecule has 0 bridgehead atoms. The van der Waals surface area contributed by atoms with Crippen LogP contribution in [0, 0.1) is 5.92 Å². The number of nitrogens with two attached hydrogens (primary N) is 1. The minimum atomic E-state index is 0.788. The summed E-state index contributed by atoms with van der Waals surface area (Å²) in [4.78, 5) is 0. The third-order valence-corrected chi connectivity index (χ3v) is 3.51. The van der Waals surface area contributed by atoms with Gasteiger partial charge in [-0.1, -0.05) is 12.2 Å². The third kappa shape index (κ3) is 4.17. The van der Waals surface area contributed by atoms with Crippen molar-refractivity contribution in [3.8, 4) is 0 Å². The minimum Gasteiger partial charge on any atom is -0.330 e. The first-order valence-electron chi connectivity index (χ1n) is 4.86. The third-order valence-electron chi connectivity index (χ3n) is 2.22. The van der Waals surface area contributed by atoms with Gasteiger partial charge in [0.05, 0.1) is 0 Å². The fourth-order valence-electron chi connectivity index (χ4n) is 1.50. The molecule has 0 aromatic heterocycles. The van der Waals surface area contributed by atoms with E-state index in [0.29, 0.717) is 0 Å². The molecule has 1 atom stereocenters. The molecule has 1 aliphatic rings. The summed E-state index contributed by atoms with van der Waals surface area (Å²) in [5.41, 5.74) is 5.39. The summed E-state index contributed by atoms with van der Waals surface area (Å²) in [7, 11) is 0. The first-order valence-corrected chi connectivity index (χ1v) is 6.01. The molecule has 1 fully saturated rings. The Balaban J connectivity index is 2.04. The summed E-state index contributed by atoms with van der Waals surface area (Å²) < 4.78 is 0. The summed E-state index contributed by atoms with van der Waals surface area (Å²) in [6, 6.07) is 0. The van der Waals surface area contributed by atoms with Gasteiger partial charge in [-0.25, -0.2) is 0 Å². The van der Waals surface area contributed by atoms with Gasteiger partial charge in [0.2, 0.25) is 0 Å². The zero-order chi connectivity index (χ0) is 8.65. The lowest BCUT2D eigenvalue weighted by Gasteiger charge is -2.19. The highest BCUT2D eigenvalue weighted by Crippen LogP contribution is 2.25. The van der Waals surface area contributed by atoms with E-state index >= 15 is 0 Å². The van der Waals surface area contributed by atoms with Crippen molar-refractivity contribution in [2.24, 2.45) is 11.7 Å². The second-order valence-electron chi connectivity index (χ2n) is 3.37. The van der Waals surface area contributed by atoms with Crippen molar-refractivity contribution in [1.29, 1.82) is 0 Å². The molecular weight excluding hydrogens is 166 g/mol.